The highest BCUT2D eigenvalue weighted by Gasteiger charge is 2.38. The predicted molar refractivity (Wildman–Crippen MR) is 118 cm³/mol. The van der Waals surface area contributed by atoms with E-state index in [4.69, 9.17) is 28.4 Å². The van der Waals surface area contributed by atoms with Gasteiger partial charge in [0.05, 0.1) is 20.3 Å². The zero-order valence-electron chi connectivity index (χ0n) is 18.6. The molecule has 170 valence electrons. The fourth-order valence-electron chi connectivity index (χ4n) is 3.69. The van der Waals surface area contributed by atoms with Crippen LogP contribution in [0.5, 0.6) is 23.0 Å². The molecule has 0 saturated carbocycles. The van der Waals surface area contributed by atoms with Crippen molar-refractivity contribution in [2.75, 3.05) is 27.1 Å². The van der Waals surface area contributed by atoms with Crippen LogP contribution in [0.15, 0.2) is 42.0 Å². The highest BCUT2D eigenvalue weighted by Crippen LogP contribution is 2.48. The lowest BCUT2D eigenvalue weighted by molar-refractivity contribution is -0.137. The third-order valence-corrected chi connectivity index (χ3v) is 5.28. The van der Waals surface area contributed by atoms with Gasteiger partial charge in [0.2, 0.25) is 6.79 Å². The van der Waals surface area contributed by atoms with Crippen molar-refractivity contribution in [3.63, 3.8) is 0 Å². The van der Waals surface area contributed by atoms with Crippen LogP contribution in [0.25, 0.3) is 5.76 Å². The van der Waals surface area contributed by atoms with Crippen LogP contribution in [0.3, 0.4) is 0 Å². The largest absolute Gasteiger partial charge is 0.493 e. The van der Waals surface area contributed by atoms with E-state index >= 15 is 0 Å². The first-order valence-electron chi connectivity index (χ1n) is 11.0. The van der Waals surface area contributed by atoms with E-state index in [9.17, 15) is 4.79 Å². The van der Waals surface area contributed by atoms with E-state index in [-0.39, 0.29) is 6.79 Å². The molecule has 32 heavy (non-hydrogen) atoms. The number of carbonyl (C=O) groups is 1. The van der Waals surface area contributed by atoms with Crippen LogP contribution >= 0.6 is 0 Å². The number of fused-ring (bicyclic) bond motifs is 2. The first-order valence-corrected chi connectivity index (χ1v) is 11.0. The highest BCUT2D eigenvalue weighted by atomic mass is 16.7. The molecule has 1 atom stereocenters. The summed E-state index contributed by atoms with van der Waals surface area (Å²) in [4.78, 5) is 13.0. The summed E-state index contributed by atoms with van der Waals surface area (Å²) < 4.78 is 34.6. The molecule has 0 amide bonds. The summed E-state index contributed by atoms with van der Waals surface area (Å²) in [7, 11) is 1.35. The summed E-state index contributed by atoms with van der Waals surface area (Å²) in [5, 5.41) is 0. The Kier molecular flexibility index (Phi) is 6.73. The number of hydrogen-bond donors (Lipinski definition) is 0. The molecular weight excluding hydrogens is 412 g/mol. The summed E-state index contributed by atoms with van der Waals surface area (Å²) in [6, 6.07) is 11.1. The molecule has 0 fully saturated rings. The van der Waals surface area contributed by atoms with Crippen LogP contribution in [0, 0.1) is 0 Å². The zero-order valence-corrected chi connectivity index (χ0v) is 18.6. The number of unbranched alkanes of at least 4 members (excludes halogenated alkanes) is 1. The Morgan fingerprint density at radius 3 is 2.62 bits per heavy atom. The number of benzene rings is 2. The second kappa shape index (κ2) is 9.85. The topological polar surface area (TPSA) is 72.5 Å². The van der Waals surface area contributed by atoms with Gasteiger partial charge in [-0.15, -0.1) is 0 Å². The van der Waals surface area contributed by atoms with Gasteiger partial charge in [-0.05, 0) is 37.1 Å². The van der Waals surface area contributed by atoms with Gasteiger partial charge >= 0.3 is 5.97 Å². The molecule has 0 saturated heterocycles. The van der Waals surface area contributed by atoms with Crippen LogP contribution in [-0.2, 0) is 14.3 Å². The zero-order chi connectivity index (χ0) is 22.5. The second-order valence-corrected chi connectivity index (χ2v) is 7.52. The van der Waals surface area contributed by atoms with Crippen molar-refractivity contribution in [2.24, 2.45) is 0 Å². The molecule has 1 unspecified atom stereocenters. The van der Waals surface area contributed by atoms with Gasteiger partial charge in [0.1, 0.15) is 28.4 Å². The fourth-order valence-corrected chi connectivity index (χ4v) is 3.69. The molecule has 0 bridgehead atoms. The summed E-state index contributed by atoms with van der Waals surface area (Å²) >= 11 is 0. The number of ether oxygens (including phenoxy) is 6. The minimum Gasteiger partial charge on any atom is -0.493 e. The van der Waals surface area contributed by atoms with Gasteiger partial charge in [-0.1, -0.05) is 32.4 Å². The molecule has 4 rings (SSSR count). The minimum atomic E-state index is -0.734. The Balaban J connectivity index is 1.86. The van der Waals surface area contributed by atoms with E-state index in [2.05, 4.69) is 6.92 Å². The van der Waals surface area contributed by atoms with Gasteiger partial charge in [-0.3, -0.25) is 0 Å². The van der Waals surface area contributed by atoms with Gasteiger partial charge in [0, 0.05) is 5.56 Å². The van der Waals surface area contributed by atoms with E-state index in [0.717, 1.165) is 24.8 Å². The second-order valence-electron chi connectivity index (χ2n) is 7.52. The van der Waals surface area contributed by atoms with Crippen molar-refractivity contribution in [1.82, 2.24) is 0 Å². The normalized spacial score (nSPS) is 16.3. The van der Waals surface area contributed by atoms with Crippen LogP contribution < -0.4 is 18.9 Å². The molecule has 2 aliphatic heterocycles. The standard InChI is InChI=1S/C25H28O7/c1-4-6-13-29-24-21-18(28-12-5-2)8-7-9-19(21)32-23(22(24)25(26)27-3)16-10-11-17-20(14-16)31-15-30-17/h7-11,14,23H,4-6,12-13,15H2,1-3H3. The van der Waals surface area contributed by atoms with Crippen LogP contribution in [0.2, 0.25) is 0 Å². The molecule has 2 aromatic carbocycles. The smallest absolute Gasteiger partial charge is 0.341 e. The van der Waals surface area contributed by atoms with Gasteiger partial charge in [-0.25, -0.2) is 4.79 Å². The Morgan fingerprint density at radius 1 is 1.00 bits per heavy atom. The van der Waals surface area contributed by atoms with E-state index < -0.39 is 12.1 Å². The maximum Gasteiger partial charge on any atom is 0.341 e. The quantitative estimate of drug-likeness (QED) is 0.400. The van der Waals surface area contributed by atoms with Crippen molar-refractivity contribution in [3.8, 4) is 23.0 Å². The molecule has 2 aliphatic rings. The highest BCUT2D eigenvalue weighted by molar-refractivity contribution is 6.00. The average Bonchev–Trinajstić information content (AvgIpc) is 3.29. The van der Waals surface area contributed by atoms with Crippen LogP contribution in [0.1, 0.15) is 50.3 Å². The van der Waals surface area contributed by atoms with E-state index in [1.165, 1.54) is 7.11 Å². The molecule has 0 aliphatic carbocycles. The molecule has 2 heterocycles. The maximum atomic E-state index is 13.0. The van der Waals surface area contributed by atoms with Crippen molar-refractivity contribution in [1.29, 1.82) is 0 Å². The summed E-state index contributed by atoms with van der Waals surface area (Å²) in [5.74, 6) is 2.37. The van der Waals surface area contributed by atoms with Crippen molar-refractivity contribution < 1.29 is 33.2 Å². The van der Waals surface area contributed by atoms with Crippen LogP contribution in [-0.4, -0.2) is 33.1 Å². The van der Waals surface area contributed by atoms with E-state index in [1.54, 1.807) is 0 Å². The third-order valence-electron chi connectivity index (χ3n) is 5.28. The molecule has 0 spiro atoms. The molecule has 7 heteroatoms. The van der Waals surface area contributed by atoms with Gasteiger partial charge in [-0.2, -0.15) is 0 Å². The number of rotatable bonds is 9. The SMILES string of the molecule is CCCCOC1=C(C(=O)OC)C(c2ccc3c(c2)OCO3)Oc2cccc(OCCC)c21. The van der Waals surface area contributed by atoms with Gasteiger partial charge in [0.25, 0.3) is 0 Å². The third kappa shape index (κ3) is 4.20. The van der Waals surface area contributed by atoms with Gasteiger partial charge in [0.15, 0.2) is 17.6 Å². The molecule has 0 aromatic heterocycles. The molecule has 0 N–H and O–H groups in total. The number of methoxy groups -OCH3 is 1. The average molecular weight is 440 g/mol. The Hall–Kier alpha value is -3.35. The first-order chi connectivity index (χ1) is 15.7. The predicted octanol–water partition coefficient (Wildman–Crippen LogP) is 5.04. The van der Waals surface area contributed by atoms with Crippen molar-refractivity contribution in [2.45, 2.75) is 39.2 Å². The lowest BCUT2D eigenvalue weighted by atomic mass is 9.93. The molecule has 2 aromatic rings. The summed E-state index contributed by atoms with van der Waals surface area (Å²) in [6.45, 7) is 5.29. The molecular formula is C25H28O7. The Labute approximate surface area is 187 Å². The fraction of sp³-hybridized carbons (Fsp3) is 0.400. The lowest BCUT2D eigenvalue weighted by Crippen LogP contribution is -2.25. The van der Waals surface area contributed by atoms with E-state index in [1.807, 2.05) is 43.3 Å². The summed E-state index contributed by atoms with van der Waals surface area (Å²) in [5.41, 5.74) is 1.66. The maximum absolute atomic E-state index is 13.0. The van der Waals surface area contributed by atoms with Gasteiger partial charge < -0.3 is 28.4 Å². The van der Waals surface area contributed by atoms with Crippen LogP contribution in [0.4, 0.5) is 0 Å². The first kappa shape index (κ1) is 21.9. The number of esters is 1. The number of hydrogen-bond acceptors (Lipinski definition) is 7. The minimum absolute atomic E-state index is 0.163. The lowest BCUT2D eigenvalue weighted by Gasteiger charge is -2.31. The Morgan fingerprint density at radius 2 is 1.84 bits per heavy atom. The monoisotopic (exact) mass is 440 g/mol. The van der Waals surface area contributed by atoms with E-state index in [0.29, 0.717) is 53.1 Å². The molecule has 0 radical (unpaired) electrons. The molecule has 7 nitrogen and oxygen atoms in total. The van der Waals surface area contributed by atoms with Crippen molar-refractivity contribution in [3.05, 3.63) is 53.1 Å². The summed E-state index contributed by atoms with van der Waals surface area (Å²) in [6.07, 6.45) is 1.93. The van der Waals surface area contributed by atoms with Crippen molar-refractivity contribution >= 4 is 11.7 Å². The number of carbonyl (C=O) groups excluding carboxylic acids is 1. The Bertz CT molecular complexity index is 1010.